The van der Waals surface area contributed by atoms with Gasteiger partial charge in [-0.2, -0.15) is 0 Å². The maximum absolute atomic E-state index is 14.3. The molecular formula is C47H58O7. The highest BCUT2D eigenvalue weighted by Crippen LogP contribution is 2.49. The molecule has 0 unspecified atom stereocenters. The van der Waals surface area contributed by atoms with Gasteiger partial charge in [0, 0.05) is 52.1 Å². The predicted molar refractivity (Wildman–Crippen MR) is 219 cm³/mol. The van der Waals surface area contributed by atoms with Gasteiger partial charge in [-0.05, 0) is 68.8 Å². The highest BCUT2D eigenvalue weighted by Gasteiger charge is 2.34. The van der Waals surface area contributed by atoms with Gasteiger partial charge in [-0.25, -0.2) is 4.79 Å². The first-order valence-corrected chi connectivity index (χ1v) is 18.9. The Morgan fingerprint density at radius 1 is 0.537 bits per heavy atom. The lowest BCUT2D eigenvalue weighted by Gasteiger charge is -2.31. The average molecular weight is 735 g/mol. The summed E-state index contributed by atoms with van der Waals surface area (Å²) in [6.07, 6.45) is 4.83. The Balaban J connectivity index is 1.96. The van der Waals surface area contributed by atoms with E-state index >= 15 is 0 Å². The number of ether oxygens (including phenoxy) is 4. The number of fused-ring (bicyclic) bond motifs is 2. The van der Waals surface area contributed by atoms with Crippen LogP contribution in [0.3, 0.4) is 0 Å². The summed E-state index contributed by atoms with van der Waals surface area (Å²) in [6, 6.07) is 14.9. The molecule has 0 saturated carbocycles. The van der Waals surface area contributed by atoms with E-state index in [1.165, 1.54) is 25.0 Å². The first kappa shape index (κ1) is 41.8. The van der Waals surface area contributed by atoms with Crippen LogP contribution in [0, 0.1) is 25.7 Å². The van der Waals surface area contributed by atoms with Gasteiger partial charge in [0.15, 0.2) is 0 Å². The highest BCUT2D eigenvalue weighted by atomic mass is 16.7. The molecule has 7 nitrogen and oxygen atoms in total. The molecule has 54 heavy (non-hydrogen) atoms. The molecule has 0 amide bonds. The van der Waals surface area contributed by atoms with Crippen molar-refractivity contribution in [3.63, 3.8) is 0 Å². The quantitative estimate of drug-likeness (QED) is 0.0619. The van der Waals surface area contributed by atoms with Crippen LogP contribution in [0.1, 0.15) is 118 Å². The molecule has 0 spiro atoms. The Hall–Kier alpha value is -4.91. The van der Waals surface area contributed by atoms with Crippen molar-refractivity contribution in [2.45, 2.75) is 121 Å². The number of esters is 2. The van der Waals surface area contributed by atoms with Crippen LogP contribution in [-0.4, -0.2) is 18.1 Å². The molecule has 0 fully saturated rings. The molecule has 0 atom stereocenters. The maximum atomic E-state index is 14.3. The van der Waals surface area contributed by atoms with Gasteiger partial charge in [-0.1, -0.05) is 127 Å². The number of rotatable bonds is 12. The molecule has 0 bridgehead atoms. The van der Waals surface area contributed by atoms with Crippen LogP contribution in [0.4, 0.5) is 4.79 Å². The zero-order chi connectivity index (χ0) is 40.3. The van der Waals surface area contributed by atoms with E-state index in [9.17, 15) is 14.4 Å². The SMILES string of the molecule is CC(=O)Oc1c(C)c(C(C)(C)C/C=C(\C)C(C)C)c(OC(=O)Oc2c(C)c(C(C)(C)C/C=C(\C)C(C)C)c(OC(C)=O)c3ccccc23)c2ccccc12. The summed E-state index contributed by atoms with van der Waals surface area (Å²) in [6.45, 7) is 27.8. The van der Waals surface area contributed by atoms with Gasteiger partial charge in [0.05, 0.1) is 0 Å². The molecule has 0 radical (unpaired) electrons. The summed E-state index contributed by atoms with van der Waals surface area (Å²) in [7, 11) is 0. The van der Waals surface area contributed by atoms with Gasteiger partial charge in [-0.15, -0.1) is 0 Å². The maximum Gasteiger partial charge on any atom is 0.519 e. The number of hydrogen-bond acceptors (Lipinski definition) is 7. The summed E-state index contributed by atoms with van der Waals surface area (Å²) in [4.78, 5) is 39.2. The first-order chi connectivity index (χ1) is 25.2. The lowest BCUT2D eigenvalue weighted by molar-refractivity contribution is -0.132. The van der Waals surface area contributed by atoms with Gasteiger partial charge in [0.1, 0.15) is 23.0 Å². The Morgan fingerprint density at radius 2 is 0.833 bits per heavy atom. The van der Waals surface area contributed by atoms with Crippen molar-refractivity contribution in [2.24, 2.45) is 11.8 Å². The van der Waals surface area contributed by atoms with Gasteiger partial charge in [0.25, 0.3) is 0 Å². The Kier molecular flexibility index (Phi) is 12.9. The number of benzene rings is 4. The minimum atomic E-state index is -0.918. The molecule has 0 aliphatic heterocycles. The molecular weight excluding hydrogens is 677 g/mol. The van der Waals surface area contributed by atoms with E-state index in [1.807, 2.05) is 62.4 Å². The van der Waals surface area contributed by atoms with E-state index in [0.717, 1.165) is 11.1 Å². The molecule has 4 rings (SSSR count). The zero-order valence-electron chi connectivity index (χ0n) is 34.7. The molecule has 0 N–H and O–H groups in total. The number of carbonyl (C=O) groups excluding carboxylic acids is 3. The van der Waals surface area contributed by atoms with Crippen molar-refractivity contribution < 1.29 is 33.3 Å². The highest BCUT2D eigenvalue weighted by molar-refractivity contribution is 6.00. The van der Waals surface area contributed by atoms with Crippen LogP contribution in [-0.2, 0) is 20.4 Å². The Labute approximate surface area is 321 Å². The van der Waals surface area contributed by atoms with Crippen molar-refractivity contribution >= 4 is 39.6 Å². The molecule has 0 aliphatic carbocycles. The summed E-state index contributed by atoms with van der Waals surface area (Å²) in [5.74, 6) is 1.43. The van der Waals surface area contributed by atoms with Gasteiger partial charge in [0.2, 0.25) is 0 Å². The molecule has 0 saturated heterocycles. The summed E-state index contributed by atoms with van der Waals surface area (Å²) in [5.41, 5.74) is 4.31. The zero-order valence-corrected chi connectivity index (χ0v) is 34.7. The van der Waals surface area contributed by atoms with E-state index in [2.05, 4.69) is 81.4 Å². The minimum Gasteiger partial charge on any atom is -0.426 e. The third-order valence-electron chi connectivity index (χ3n) is 10.6. The van der Waals surface area contributed by atoms with E-state index in [4.69, 9.17) is 18.9 Å². The fourth-order valence-corrected chi connectivity index (χ4v) is 7.09. The van der Waals surface area contributed by atoms with Crippen molar-refractivity contribution in [3.8, 4) is 23.0 Å². The fraction of sp³-hybridized carbons (Fsp3) is 0.426. The fourth-order valence-electron chi connectivity index (χ4n) is 7.09. The molecule has 7 heteroatoms. The van der Waals surface area contributed by atoms with Crippen LogP contribution in [0.15, 0.2) is 71.8 Å². The number of carbonyl (C=O) groups is 3. The first-order valence-electron chi connectivity index (χ1n) is 18.9. The third kappa shape index (κ3) is 9.06. The topological polar surface area (TPSA) is 88.1 Å². The second-order valence-electron chi connectivity index (χ2n) is 16.4. The molecule has 0 heterocycles. The molecule has 4 aromatic carbocycles. The minimum absolute atomic E-state index is 0.327. The van der Waals surface area contributed by atoms with Gasteiger partial charge in [-0.3, -0.25) is 9.59 Å². The number of allylic oxidation sites excluding steroid dienone is 4. The Morgan fingerprint density at radius 3 is 1.19 bits per heavy atom. The predicted octanol–water partition coefficient (Wildman–Crippen LogP) is 12.6. The largest absolute Gasteiger partial charge is 0.519 e. The van der Waals surface area contributed by atoms with Crippen LogP contribution in [0.5, 0.6) is 23.0 Å². The van der Waals surface area contributed by atoms with Gasteiger partial charge < -0.3 is 18.9 Å². The average Bonchev–Trinajstić information content (AvgIpc) is 3.08. The standard InChI is InChI=1S/C47H58O7/c1-27(2)29(5)23-25-46(11,12)39-32(8)42(36-20-16-17-21-37(36)43(39)52-34(10)49)53-45(50)54-44-38-22-18-15-19-35(38)41(51-33(9)48)31(7)40(44)47(13,14)26-24-30(6)28(3)4/h15-24,27-28H,25-26H2,1-14H3/b29-23+,30-24+. The van der Waals surface area contributed by atoms with E-state index in [-0.39, 0.29) is 0 Å². The molecule has 288 valence electrons. The van der Waals surface area contributed by atoms with Crippen LogP contribution >= 0.6 is 0 Å². The molecule has 4 aromatic rings. The normalized spacial score (nSPS) is 12.8. The lowest BCUT2D eigenvalue weighted by Crippen LogP contribution is -2.24. The van der Waals surface area contributed by atoms with Crippen molar-refractivity contribution in [1.82, 2.24) is 0 Å². The summed E-state index contributed by atoms with van der Waals surface area (Å²) in [5, 5.41) is 2.51. The van der Waals surface area contributed by atoms with Crippen LogP contribution < -0.4 is 18.9 Å². The van der Waals surface area contributed by atoms with E-state index in [0.29, 0.717) is 80.3 Å². The summed E-state index contributed by atoms with van der Waals surface area (Å²) >= 11 is 0. The Bertz CT molecular complexity index is 2140. The third-order valence-corrected chi connectivity index (χ3v) is 10.6. The smallest absolute Gasteiger partial charge is 0.426 e. The van der Waals surface area contributed by atoms with Crippen molar-refractivity contribution in [2.75, 3.05) is 0 Å². The van der Waals surface area contributed by atoms with Crippen molar-refractivity contribution in [3.05, 3.63) is 94.1 Å². The van der Waals surface area contributed by atoms with Crippen molar-refractivity contribution in [1.29, 1.82) is 0 Å². The molecule has 0 aliphatic rings. The lowest BCUT2D eigenvalue weighted by atomic mass is 9.76. The second kappa shape index (κ2) is 16.6. The summed E-state index contributed by atoms with van der Waals surface area (Å²) < 4.78 is 24.5. The van der Waals surface area contributed by atoms with E-state index < -0.39 is 28.9 Å². The van der Waals surface area contributed by atoms with Gasteiger partial charge >= 0.3 is 18.1 Å². The van der Waals surface area contributed by atoms with E-state index in [1.54, 1.807) is 0 Å². The molecule has 0 aromatic heterocycles. The second-order valence-corrected chi connectivity index (χ2v) is 16.4. The number of hydrogen-bond donors (Lipinski definition) is 0. The van der Waals surface area contributed by atoms with Crippen LogP contribution in [0.2, 0.25) is 0 Å². The monoisotopic (exact) mass is 734 g/mol. The van der Waals surface area contributed by atoms with Crippen LogP contribution in [0.25, 0.3) is 21.5 Å².